The number of hydrogen-bond donors (Lipinski definition) is 1. The molecule has 1 heterocycles. The smallest absolute Gasteiger partial charge is 0.219 e. The third kappa shape index (κ3) is 4.11. The van der Waals surface area contributed by atoms with E-state index in [1.807, 2.05) is 12.1 Å². The van der Waals surface area contributed by atoms with Gasteiger partial charge in [0.05, 0.1) is 0 Å². The second kappa shape index (κ2) is 7.57. The SMILES string of the molecule is CC[C@H](Sc1nnc(C2CC2)n1CCC(N)=O)c1ccc(Cl)cc1. The molecule has 0 saturated heterocycles. The first-order valence-corrected chi connectivity index (χ1v) is 9.47. The summed E-state index contributed by atoms with van der Waals surface area (Å²) in [5.41, 5.74) is 6.53. The number of primary amides is 1. The summed E-state index contributed by atoms with van der Waals surface area (Å²) in [6.07, 6.45) is 3.57. The van der Waals surface area contributed by atoms with E-state index in [-0.39, 0.29) is 11.2 Å². The van der Waals surface area contributed by atoms with Gasteiger partial charge in [-0.25, -0.2) is 0 Å². The Morgan fingerprint density at radius 3 is 2.67 bits per heavy atom. The van der Waals surface area contributed by atoms with Crippen LogP contribution in [0.4, 0.5) is 0 Å². The van der Waals surface area contributed by atoms with Crippen molar-refractivity contribution in [1.82, 2.24) is 14.8 Å². The molecule has 0 unspecified atom stereocenters. The number of benzene rings is 1. The Morgan fingerprint density at radius 2 is 2.08 bits per heavy atom. The molecule has 1 aliphatic rings. The molecule has 0 spiro atoms. The lowest BCUT2D eigenvalue weighted by molar-refractivity contribution is -0.118. The molecule has 5 nitrogen and oxygen atoms in total. The van der Waals surface area contributed by atoms with Crippen LogP contribution in [-0.4, -0.2) is 20.7 Å². The van der Waals surface area contributed by atoms with Crippen molar-refractivity contribution in [3.05, 3.63) is 40.7 Å². The highest BCUT2D eigenvalue weighted by molar-refractivity contribution is 7.99. The fraction of sp³-hybridized carbons (Fsp3) is 0.471. The van der Waals surface area contributed by atoms with Crippen LogP contribution >= 0.6 is 23.4 Å². The molecular formula is C17H21ClN4OS. The Kier molecular flexibility index (Phi) is 5.46. The van der Waals surface area contributed by atoms with E-state index in [4.69, 9.17) is 17.3 Å². The minimum atomic E-state index is -0.300. The Labute approximate surface area is 151 Å². The van der Waals surface area contributed by atoms with Crippen LogP contribution in [0.1, 0.15) is 55.2 Å². The standard InChI is InChI=1S/C17H21ClN4OS/c1-2-14(11-5-7-13(18)8-6-11)24-17-21-20-16(12-3-4-12)22(17)10-9-15(19)23/h5-8,12,14H,2-4,9-10H2,1H3,(H2,19,23)/t14-/m0/s1. The topological polar surface area (TPSA) is 73.8 Å². The van der Waals surface area contributed by atoms with Crippen molar-refractivity contribution in [1.29, 1.82) is 0 Å². The molecule has 0 aliphatic heterocycles. The number of aromatic nitrogens is 3. The predicted octanol–water partition coefficient (Wildman–Crippen LogP) is 3.93. The molecule has 3 rings (SSSR count). The highest BCUT2D eigenvalue weighted by atomic mass is 35.5. The summed E-state index contributed by atoms with van der Waals surface area (Å²) in [7, 11) is 0. The molecule has 7 heteroatoms. The third-order valence-electron chi connectivity index (χ3n) is 4.13. The highest BCUT2D eigenvalue weighted by Gasteiger charge is 2.31. The Balaban J connectivity index is 1.82. The summed E-state index contributed by atoms with van der Waals surface area (Å²) >= 11 is 7.67. The van der Waals surface area contributed by atoms with E-state index in [0.717, 1.165) is 35.3 Å². The Morgan fingerprint density at radius 1 is 1.38 bits per heavy atom. The third-order valence-corrected chi connectivity index (χ3v) is 5.78. The van der Waals surface area contributed by atoms with Gasteiger partial charge in [-0.05, 0) is 37.0 Å². The van der Waals surface area contributed by atoms with Crippen LogP contribution in [0.2, 0.25) is 5.02 Å². The van der Waals surface area contributed by atoms with Crippen molar-refractivity contribution in [2.24, 2.45) is 5.73 Å². The predicted molar refractivity (Wildman–Crippen MR) is 96.1 cm³/mol. The number of carbonyl (C=O) groups excluding carboxylic acids is 1. The van der Waals surface area contributed by atoms with Gasteiger partial charge in [-0.2, -0.15) is 0 Å². The van der Waals surface area contributed by atoms with Crippen molar-refractivity contribution in [2.75, 3.05) is 0 Å². The average molecular weight is 365 g/mol. The molecule has 2 N–H and O–H groups in total. The van der Waals surface area contributed by atoms with Gasteiger partial charge in [-0.3, -0.25) is 4.79 Å². The zero-order valence-electron chi connectivity index (χ0n) is 13.6. The molecule has 1 aromatic heterocycles. The number of halogens is 1. The van der Waals surface area contributed by atoms with Crippen LogP contribution in [-0.2, 0) is 11.3 Å². The fourth-order valence-electron chi connectivity index (χ4n) is 2.65. The monoisotopic (exact) mass is 364 g/mol. The lowest BCUT2D eigenvalue weighted by Gasteiger charge is -2.16. The first kappa shape index (κ1) is 17.3. The number of nitrogens with zero attached hydrogens (tertiary/aromatic N) is 3. The Hall–Kier alpha value is -1.53. The molecule has 0 radical (unpaired) electrons. The van der Waals surface area contributed by atoms with Crippen LogP contribution in [0.25, 0.3) is 0 Å². The quantitative estimate of drug-likeness (QED) is 0.720. The first-order valence-electron chi connectivity index (χ1n) is 8.22. The zero-order chi connectivity index (χ0) is 17.1. The normalized spacial score (nSPS) is 15.4. The van der Waals surface area contributed by atoms with Gasteiger partial charge >= 0.3 is 0 Å². The van der Waals surface area contributed by atoms with Gasteiger partial charge in [0, 0.05) is 29.2 Å². The van der Waals surface area contributed by atoms with E-state index in [1.165, 1.54) is 5.56 Å². The fourth-order valence-corrected chi connectivity index (χ4v) is 3.90. The molecule has 1 fully saturated rings. The molecule has 1 amide bonds. The maximum atomic E-state index is 11.2. The van der Waals surface area contributed by atoms with Crippen LogP contribution in [0, 0.1) is 0 Å². The van der Waals surface area contributed by atoms with Gasteiger partial charge in [-0.15, -0.1) is 10.2 Å². The summed E-state index contributed by atoms with van der Waals surface area (Å²) in [6.45, 7) is 2.70. The second-order valence-corrected chi connectivity index (χ2v) is 7.66. The van der Waals surface area contributed by atoms with Crippen LogP contribution in [0.5, 0.6) is 0 Å². The molecule has 1 aromatic carbocycles. The molecule has 24 heavy (non-hydrogen) atoms. The number of amides is 1. The van der Waals surface area contributed by atoms with Crippen LogP contribution in [0.15, 0.2) is 29.4 Å². The van der Waals surface area contributed by atoms with Crippen molar-refractivity contribution >= 4 is 29.3 Å². The largest absolute Gasteiger partial charge is 0.370 e. The van der Waals surface area contributed by atoms with Crippen molar-refractivity contribution in [3.8, 4) is 0 Å². The van der Waals surface area contributed by atoms with Gasteiger partial charge in [0.2, 0.25) is 5.91 Å². The van der Waals surface area contributed by atoms with Gasteiger partial charge in [0.25, 0.3) is 0 Å². The molecule has 1 atom stereocenters. The average Bonchev–Trinajstić information content (AvgIpc) is 3.33. The molecule has 1 aliphatic carbocycles. The van der Waals surface area contributed by atoms with Crippen LogP contribution in [0.3, 0.4) is 0 Å². The summed E-state index contributed by atoms with van der Waals surface area (Å²) in [4.78, 5) is 11.2. The van der Waals surface area contributed by atoms with E-state index >= 15 is 0 Å². The number of thioether (sulfide) groups is 1. The molecule has 128 valence electrons. The lowest BCUT2D eigenvalue weighted by atomic mass is 10.1. The maximum Gasteiger partial charge on any atom is 0.219 e. The van der Waals surface area contributed by atoms with Crippen molar-refractivity contribution in [2.45, 2.75) is 55.5 Å². The summed E-state index contributed by atoms with van der Waals surface area (Å²) in [5.74, 6) is 1.17. The number of rotatable bonds is 8. The first-order chi connectivity index (χ1) is 11.6. The summed E-state index contributed by atoms with van der Waals surface area (Å²) < 4.78 is 2.08. The van der Waals surface area contributed by atoms with E-state index in [1.54, 1.807) is 11.8 Å². The maximum absolute atomic E-state index is 11.2. The number of hydrogen-bond acceptors (Lipinski definition) is 4. The minimum absolute atomic E-state index is 0.269. The lowest BCUT2D eigenvalue weighted by Crippen LogP contribution is -2.15. The second-order valence-electron chi connectivity index (χ2n) is 6.05. The van der Waals surface area contributed by atoms with Gasteiger partial charge in [0.1, 0.15) is 5.82 Å². The minimum Gasteiger partial charge on any atom is -0.370 e. The van der Waals surface area contributed by atoms with E-state index in [2.05, 4.69) is 33.8 Å². The van der Waals surface area contributed by atoms with E-state index < -0.39 is 0 Å². The Bertz CT molecular complexity index is 712. The van der Waals surface area contributed by atoms with Crippen molar-refractivity contribution < 1.29 is 4.79 Å². The summed E-state index contributed by atoms with van der Waals surface area (Å²) in [6, 6.07) is 7.92. The van der Waals surface area contributed by atoms with Crippen molar-refractivity contribution in [3.63, 3.8) is 0 Å². The molecule has 0 bridgehead atoms. The van der Waals surface area contributed by atoms with Gasteiger partial charge < -0.3 is 10.3 Å². The summed E-state index contributed by atoms with van der Waals surface area (Å²) in [5, 5.41) is 10.6. The molecular weight excluding hydrogens is 344 g/mol. The zero-order valence-corrected chi connectivity index (χ0v) is 15.2. The number of nitrogens with two attached hydrogens (primary N) is 1. The van der Waals surface area contributed by atoms with Crippen LogP contribution < -0.4 is 5.73 Å². The highest BCUT2D eigenvalue weighted by Crippen LogP contribution is 2.42. The van der Waals surface area contributed by atoms with E-state index in [0.29, 0.717) is 18.9 Å². The molecule has 1 saturated carbocycles. The van der Waals surface area contributed by atoms with Gasteiger partial charge in [0.15, 0.2) is 5.16 Å². The number of carbonyl (C=O) groups is 1. The van der Waals surface area contributed by atoms with Gasteiger partial charge in [-0.1, -0.05) is 42.4 Å². The molecule has 2 aromatic rings. The van der Waals surface area contributed by atoms with E-state index in [9.17, 15) is 4.79 Å².